The van der Waals surface area contributed by atoms with Gasteiger partial charge in [0.05, 0.1) is 0 Å². The number of halogens is 3. The highest BCUT2D eigenvalue weighted by atomic mass is 35.5. The van der Waals surface area contributed by atoms with E-state index in [1.807, 2.05) is 0 Å². The highest BCUT2D eigenvalue weighted by molar-refractivity contribution is 6.28. The number of hydrogen-bond acceptors (Lipinski definition) is 2. The highest BCUT2D eigenvalue weighted by Gasteiger charge is 2.06. The molecule has 1 aromatic carbocycles. The van der Waals surface area contributed by atoms with Crippen molar-refractivity contribution in [3.63, 3.8) is 0 Å². The van der Waals surface area contributed by atoms with Crippen molar-refractivity contribution in [3.05, 3.63) is 47.5 Å². The fourth-order valence-corrected chi connectivity index (χ4v) is 1.27. The van der Waals surface area contributed by atoms with Crippen LogP contribution in [0, 0.1) is 11.6 Å². The molecule has 0 saturated carbocycles. The van der Waals surface area contributed by atoms with Gasteiger partial charge in [0.2, 0.25) is 5.28 Å². The predicted molar refractivity (Wildman–Crippen MR) is 52.4 cm³/mol. The summed E-state index contributed by atoms with van der Waals surface area (Å²) in [6, 6.07) is 3.31. The first-order valence-electron chi connectivity index (χ1n) is 4.10. The lowest BCUT2D eigenvalue weighted by Gasteiger charge is -2.02. The number of hydrogen-bond donors (Lipinski definition) is 0. The smallest absolute Gasteiger partial charge is 0.222 e. The summed E-state index contributed by atoms with van der Waals surface area (Å²) in [5.74, 6) is -1.27. The second-order valence-electron chi connectivity index (χ2n) is 2.86. The molecule has 0 aliphatic carbocycles. The maximum atomic E-state index is 13.3. The Bertz CT molecular complexity index is 485. The maximum Gasteiger partial charge on any atom is 0.222 e. The van der Waals surface area contributed by atoms with Gasteiger partial charge in [-0.3, -0.25) is 0 Å². The van der Waals surface area contributed by atoms with Crippen molar-refractivity contribution in [2.24, 2.45) is 0 Å². The molecule has 0 bridgehead atoms. The number of aromatic nitrogens is 2. The van der Waals surface area contributed by atoms with Crippen LogP contribution in [-0.4, -0.2) is 9.97 Å². The van der Waals surface area contributed by atoms with Crippen LogP contribution < -0.4 is 0 Å². The van der Waals surface area contributed by atoms with Gasteiger partial charge in [-0.25, -0.2) is 18.7 Å². The first-order valence-corrected chi connectivity index (χ1v) is 4.47. The lowest BCUT2D eigenvalue weighted by Crippen LogP contribution is -1.89. The largest absolute Gasteiger partial charge is 0.226 e. The van der Waals surface area contributed by atoms with E-state index in [2.05, 4.69) is 9.97 Å². The summed E-state index contributed by atoms with van der Waals surface area (Å²) in [5, 5.41) is 0.0845. The van der Waals surface area contributed by atoms with Gasteiger partial charge >= 0.3 is 0 Å². The van der Waals surface area contributed by atoms with Crippen molar-refractivity contribution in [1.82, 2.24) is 9.97 Å². The van der Waals surface area contributed by atoms with E-state index in [9.17, 15) is 8.78 Å². The normalized spacial score (nSPS) is 10.3. The van der Waals surface area contributed by atoms with Crippen molar-refractivity contribution >= 4 is 11.6 Å². The Morgan fingerprint density at radius 1 is 1.07 bits per heavy atom. The van der Waals surface area contributed by atoms with Gasteiger partial charge in [-0.2, -0.15) is 0 Å². The third kappa shape index (κ3) is 2.10. The lowest BCUT2D eigenvalue weighted by atomic mass is 10.1. The van der Waals surface area contributed by atoms with E-state index < -0.39 is 11.6 Å². The Hall–Kier alpha value is -1.55. The van der Waals surface area contributed by atoms with Crippen LogP contribution in [-0.2, 0) is 0 Å². The van der Waals surface area contributed by atoms with Gasteiger partial charge in [0.25, 0.3) is 0 Å². The second-order valence-corrected chi connectivity index (χ2v) is 3.20. The van der Waals surface area contributed by atoms with Crippen LogP contribution in [0.2, 0.25) is 5.28 Å². The van der Waals surface area contributed by atoms with Gasteiger partial charge in [0, 0.05) is 29.6 Å². The zero-order valence-corrected chi connectivity index (χ0v) is 8.17. The summed E-state index contributed by atoms with van der Waals surface area (Å²) >= 11 is 5.49. The fourth-order valence-electron chi connectivity index (χ4n) is 1.17. The van der Waals surface area contributed by atoms with Crippen LogP contribution in [0.3, 0.4) is 0 Å². The van der Waals surface area contributed by atoms with E-state index in [0.717, 1.165) is 6.07 Å². The van der Waals surface area contributed by atoms with Gasteiger partial charge in [-0.15, -0.1) is 0 Å². The Morgan fingerprint density at radius 3 is 2.33 bits per heavy atom. The minimum atomic E-state index is -0.652. The first-order chi connectivity index (χ1) is 7.16. The number of benzene rings is 1. The van der Waals surface area contributed by atoms with Crippen molar-refractivity contribution in [2.45, 2.75) is 0 Å². The van der Waals surface area contributed by atoms with Crippen molar-refractivity contribution in [2.75, 3.05) is 0 Å². The Morgan fingerprint density at radius 2 is 1.73 bits per heavy atom. The molecule has 15 heavy (non-hydrogen) atoms. The van der Waals surface area contributed by atoms with E-state index in [0.29, 0.717) is 5.56 Å². The predicted octanol–water partition coefficient (Wildman–Crippen LogP) is 3.08. The molecule has 0 spiro atoms. The van der Waals surface area contributed by atoms with Crippen LogP contribution >= 0.6 is 11.6 Å². The fraction of sp³-hybridized carbons (Fsp3) is 0. The molecule has 1 aromatic heterocycles. The number of rotatable bonds is 1. The minimum absolute atomic E-state index is 0.0845. The standard InChI is InChI=1S/C10H5ClF2N2/c11-10-14-4-6(5-15-10)8-2-1-7(12)3-9(8)13/h1-5H. The third-order valence-electron chi connectivity index (χ3n) is 1.86. The maximum absolute atomic E-state index is 13.3. The van der Waals surface area contributed by atoms with Gasteiger partial charge in [-0.1, -0.05) is 0 Å². The Labute approximate surface area is 89.6 Å². The van der Waals surface area contributed by atoms with Gasteiger partial charge in [0.15, 0.2) is 0 Å². The Balaban J connectivity index is 2.49. The second kappa shape index (κ2) is 3.90. The molecule has 0 unspecified atom stereocenters. The first kappa shape index (κ1) is 9.98. The average Bonchev–Trinajstić information content (AvgIpc) is 2.20. The van der Waals surface area contributed by atoms with Crippen LogP contribution in [0.4, 0.5) is 8.78 Å². The highest BCUT2D eigenvalue weighted by Crippen LogP contribution is 2.22. The molecule has 5 heteroatoms. The van der Waals surface area contributed by atoms with Crippen LogP contribution in [0.15, 0.2) is 30.6 Å². The molecule has 2 nitrogen and oxygen atoms in total. The van der Waals surface area contributed by atoms with E-state index in [4.69, 9.17) is 11.6 Å². The van der Waals surface area contributed by atoms with Crippen LogP contribution in [0.1, 0.15) is 0 Å². The van der Waals surface area contributed by atoms with Crippen molar-refractivity contribution in [1.29, 1.82) is 0 Å². The molecule has 0 aliphatic heterocycles. The lowest BCUT2D eigenvalue weighted by molar-refractivity contribution is 0.585. The van der Waals surface area contributed by atoms with Gasteiger partial charge in [0.1, 0.15) is 11.6 Å². The van der Waals surface area contributed by atoms with Gasteiger partial charge < -0.3 is 0 Å². The van der Waals surface area contributed by atoms with E-state index in [-0.39, 0.29) is 10.8 Å². The minimum Gasteiger partial charge on any atom is -0.226 e. The topological polar surface area (TPSA) is 25.8 Å². The summed E-state index contributed by atoms with van der Waals surface area (Å²) < 4.78 is 25.9. The molecule has 76 valence electrons. The molecular weight excluding hydrogens is 222 g/mol. The summed E-state index contributed by atoms with van der Waals surface area (Å²) in [6.45, 7) is 0. The zero-order valence-electron chi connectivity index (χ0n) is 7.42. The molecule has 0 aliphatic rings. The third-order valence-corrected chi connectivity index (χ3v) is 2.06. The van der Waals surface area contributed by atoms with Crippen molar-refractivity contribution < 1.29 is 8.78 Å². The quantitative estimate of drug-likeness (QED) is 0.699. The molecule has 2 rings (SSSR count). The van der Waals surface area contributed by atoms with Crippen LogP contribution in [0.25, 0.3) is 11.1 Å². The van der Waals surface area contributed by atoms with E-state index >= 15 is 0 Å². The van der Waals surface area contributed by atoms with Gasteiger partial charge in [-0.05, 0) is 23.7 Å². The molecule has 0 radical (unpaired) electrons. The molecule has 1 heterocycles. The SMILES string of the molecule is Fc1ccc(-c2cnc(Cl)nc2)c(F)c1. The molecule has 0 atom stereocenters. The molecule has 0 fully saturated rings. The molecule has 0 N–H and O–H groups in total. The average molecular weight is 227 g/mol. The molecular formula is C10H5ClF2N2. The monoisotopic (exact) mass is 226 g/mol. The van der Waals surface area contributed by atoms with Crippen LogP contribution in [0.5, 0.6) is 0 Å². The summed E-state index contributed by atoms with van der Waals surface area (Å²) in [5.41, 5.74) is 0.699. The Kier molecular flexibility index (Phi) is 2.60. The molecule has 0 saturated heterocycles. The van der Waals surface area contributed by atoms with E-state index in [1.165, 1.54) is 24.5 Å². The zero-order chi connectivity index (χ0) is 10.8. The summed E-state index contributed by atoms with van der Waals surface area (Å²) in [7, 11) is 0. The summed E-state index contributed by atoms with van der Waals surface area (Å²) in [6.07, 6.45) is 2.76. The van der Waals surface area contributed by atoms with E-state index in [1.54, 1.807) is 0 Å². The van der Waals surface area contributed by atoms with Crippen molar-refractivity contribution in [3.8, 4) is 11.1 Å². The molecule has 0 amide bonds. The molecule has 2 aromatic rings. The summed E-state index contributed by atoms with van der Waals surface area (Å²) in [4.78, 5) is 7.43. The number of nitrogens with zero attached hydrogens (tertiary/aromatic N) is 2.